The summed E-state index contributed by atoms with van der Waals surface area (Å²) >= 11 is 0. The first-order chi connectivity index (χ1) is 12.7. The summed E-state index contributed by atoms with van der Waals surface area (Å²) in [5, 5.41) is 0. The second-order valence-corrected chi connectivity index (χ2v) is 7.30. The summed E-state index contributed by atoms with van der Waals surface area (Å²) in [5.41, 5.74) is 7.61. The lowest BCUT2D eigenvalue weighted by molar-refractivity contribution is -0.692. The van der Waals surface area contributed by atoms with Crippen molar-refractivity contribution < 1.29 is 14.2 Å². The van der Waals surface area contributed by atoms with Gasteiger partial charge in [-0.1, -0.05) is 40.6 Å². The molecule has 1 aliphatic carbocycles. The molecular weight excluding hydrogens is 324 g/mol. The average Bonchev–Trinajstić information content (AvgIpc) is 3.21. The van der Waals surface area contributed by atoms with Crippen LogP contribution in [0.2, 0.25) is 0 Å². The van der Waals surface area contributed by atoms with Crippen molar-refractivity contribution in [1.82, 2.24) is 5.43 Å². The monoisotopic (exact) mass is 345 g/mol. The highest BCUT2D eigenvalue weighted by atomic mass is 16.6. The highest BCUT2D eigenvalue weighted by Crippen LogP contribution is 2.41. The van der Waals surface area contributed by atoms with Crippen molar-refractivity contribution in [2.45, 2.75) is 38.0 Å². The Hall–Kier alpha value is -2.88. The molecule has 4 nitrogen and oxygen atoms in total. The standard InChI is InChI=1S/C22H20N2O2/c1-15-10-12-18(13-11-15)22-14-17-8-5-9-19(17)23-24(22)20(21(25)26-22)16-6-3-2-4-7-16/h2-4,6-7,10-14,19H,5,8-9H2,1H3/p+1/t19-,22-/m1/s1. The molecule has 0 spiro atoms. The summed E-state index contributed by atoms with van der Waals surface area (Å²) in [4.78, 5) is 12.9. The molecule has 1 fully saturated rings. The molecule has 0 unspecified atom stereocenters. The number of ether oxygens (including phenoxy) is 1. The van der Waals surface area contributed by atoms with Crippen LogP contribution >= 0.6 is 0 Å². The zero-order valence-corrected chi connectivity index (χ0v) is 14.7. The quantitative estimate of drug-likeness (QED) is 0.516. The fraction of sp³-hybridized carbons (Fsp3) is 0.273. The zero-order valence-electron chi connectivity index (χ0n) is 14.7. The SMILES string of the molecule is Cc1ccc([C@]23C=C4CCC[C@H]4N[N+]2=C(c2ccccc2)C(=O)O3)cc1. The van der Waals surface area contributed by atoms with Crippen molar-refractivity contribution >= 4 is 11.7 Å². The Bertz CT molecular complexity index is 944. The number of hydrogen-bond acceptors (Lipinski definition) is 3. The fourth-order valence-corrected chi connectivity index (χ4v) is 4.25. The molecule has 26 heavy (non-hydrogen) atoms. The molecule has 3 aliphatic rings. The third-order valence-corrected chi connectivity index (χ3v) is 5.58. The van der Waals surface area contributed by atoms with Gasteiger partial charge >= 0.3 is 17.4 Å². The second kappa shape index (κ2) is 5.56. The first kappa shape index (κ1) is 15.4. The summed E-state index contributed by atoms with van der Waals surface area (Å²) < 4.78 is 8.02. The molecule has 2 atom stereocenters. The third kappa shape index (κ3) is 2.15. The van der Waals surface area contributed by atoms with E-state index in [1.54, 1.807) is 0 Å². The van der Waals surface area contributed by atoms with E-state index in [0.717, 1.165) is 30.4 Å². The minimum absolute atomic E-state index is 0.279. The van der Waals surface area contributed by atoms with Crippen LogP contribution in [-0.4, -0.2) is 22.4 Å². The Morgan fingerprint density at radius 1 is 1.12 bits per heavy atom. The van der Waals surface area contributed by atoms with Gasteiger partial charge in [0.25, 0.3) is 0 Å². The van der Waals surface area contributed by atoms with Gasteiger partial charge in [0.1, 0.15) is 6.04 Å². The minimum atomic E-state index is -0.911. The molecule has 2 heterocycles. The molecule has 2 aliphatic heterocycles. The number of aryl methyl sites for hydroxylation is 1. The number of nitrogens with zero attached hydrogens (tertiary/aromatic N) is 1. The van der Waals surface area contributed by atoms with E-state index in [0.29, 0.717) is 5.71 Å². The maximum Gasteiger partial charge on any atom is 0.412 e. The Balaban J connectivity index is 1.76. The molecule has 4 heteroatoms. The molecule has 0 radical (unpaired) electrons. The number of carbonyl (C=O) groups is 1. The minimum Gasteiger partial charge on any atom is -0.382 e. The van der Waals surface area contributed by atoms with E-state index in [9.17, 15) is 4.79 Å². The first-order valence-electron chi connectivity index (χ1n) is 9.18. The largest absolute Gasteiger partial charge is 0.412 e. The number of hydrogen-bond donors (Lipinski definition) is 1. The number of benzene rings is 2. The molecule has 130 valence electrons. The van der Waals surface area contributed by atoms with E-state index in [2.05, 4.69) is 42.7 Å². The smallest absolute Gasteiger partial charge is 0.382 e. The summed E-state index contributed by atoms with van der Waals surface area (Å²) in [5.74, 6) is -0.291. The van der Waals surface area contributed by atoms with Gasteiger partial charge < -0.3 is 4.74 Å². The van der Waals surface area contributed by atoms with E-state index in [-0.39, 0.29) is 12.0 Å². The van der Waals surface area contributed by atoms with Crippen LogP contribution in [0.3, 0.4) is 0 Å². The van der Waals surface area contributed by atoms with E-state index in [1.807, 2.05) is 35.0 Å². The van der Waals surface area contributed by atoms with Crippen molar-refractivity contribution in [2.24, 2.45) is 0 Å². The van der Waals surface area contributed by atoms with E-state index < -0.39 is 5.72 Å². The average molecular weight is 345 g/mol. The van der Waals surface area contributed by atoms with Crippen LogP contribution in [-0.2, 0) is 15.3 Å². The molecule has 1 N–H and O–H groups in total. The molecule has 0 aromatic heterocycles. The lowest BCUT2D eigenvalue weighted by Gasteiger charge is -2.29. The molecule has 2 aromatic carbocycles. The van der Waals surface area contributed by atoms with Crippen molar-refractivity contribution in [1.29, 1.82) is 0 Å². The third-order valence-electron chi connectivity index (χ3n) is 5.58. The molecule has 0 bridgehead atoms. The van der Waals surface area contributed by atoms with Gasteiger partial charge in [0.15, 0.2) is 0 Å². The Morgan fingerprint density at radius 3 is 2.65 bits per heavy atom. The number of hydrazine groups is 1. The lowest BCUT2D eigenvalue weighted by Crippen LogP contribution is -2.53. The molecule has 5 rings (SSSR count). The Kier molecular flexibility index (Phi) is 3.29. The molecule has 1 saturated carbocycles. The summed E-state index contributed by atoms with van der Waals surface area (Å²) in [6, 6.07) is 18.3. The second-order valence-electron chi connectivity index (χ2n) is 7.30. The van der Waals surface area contributed by atoms with Crippen molar-refractivity contribution in [3.05, 3.63) is 82.9 Å². The van der Waals surface area contributed by atoms with Gasteiger partial charge in [-0.15, -0.1) is 0 Å². The number of carbonyl (C=O) groups excluding carboxylic acids is 1. The van der Waals surface area contributed by atoms with Crippen LogP contribution in [0.4, 0.5) is 0 Å². The van der Waals surface area contributed by atoms with Crippen LogP contribution < -0.4 is 5.43 Å². The normalized spacial score (nSPS) is 26.7. The van der Waals surface area contributed by atoms with E-state index in [4.69, 9.17) is 4.74 Å². The number of esters is 1. The summed E-state index contributed by atoms with van der Waals surface area (Å²) in [6.45, 7) is 2.06. The summed E-state index contributed by atoms with van der Waals surface area (Å²) in [7, 11) is 0. The zero-order chi connectivity index (χ0) is 17.7. The maximum atomic E-state index is 12.9. The first-order valence-corrected chi connectivity index (χ1v) is 9.18. The van der Waals surface area contributed by atoms with E-state index in [1.165, 1.54) is 11.1 Å². The number of hydrazone groups is 1. The van der Waals surface area contributed by atoms with Gasteiger partial charge in [-0.05, 0) is 56.0 Å². The summed E-state index contributed by atoms with van der Waals surface area (Å²) in [6.07, 6.45) is 5.47. The van der Waals surface area contributed by atoms with Crippen molar-refractivity contribution in [3.63, 3.8) is 0 Å². The molecule has 0 saturated heterocycles. The number of nitrogens with one attached hydrogen (secondary N) is 1. The van der Waals surface area contributed by atoms with Crippen LogP contribution in [0.25, 0.3) is 0 Å². The van der Waals surface area contributed by atoms with Crippen molar-refractivity contribution in [2.75, 3.05) is 0 Å². The maximum absolute atomic E-state index is 12.9. The highest BCUT2D eigenvalue weighted by Gasteiger charge is 2.60. The van der Waals surface area contributed by atoms with Crippen molar-refractivity contribution in [3.8, 4) is 0 Å². The Labute approximate surface area is 152 Å². The number of rotatable bonds is 2. The molecular formula is C22H21N2O2+. The van der Waals surface area contributed by atoms with E-state index >= 15 is 0 Å². The van der Waals surface area contributed by atoms with Crippen LogP contribution in [0, 0.1) is 6.92 Å². The highest BCUT2D eigenvalue weighted by molar-refractivity contribution is 6.41. The molecule has 2 aromatic rings. The van der Waals surface area contributed by atoms with Crippen LogP contribution in [0.1, 0.15) is 36.0 Å². The van der Waals surface area contributed by atoms with Gasteiger partial charge in [-0.3, -0.25) is 0 Å². The predicted octanol–water partition coefficient (Wildman–Crippen LogP) is 3.20. The van der Waals surface area contributed by atoms with Gasteiger partial charge in [-0.25, -0.2) is 4.79 Å². The number of fused-ring (bicyclic) bond motifs is 2. The lowest BCUT2D eigenvalue weighted by atomic mass is 9.95. The van der Waals surface area contributed by atoms with Crippen LogP contribution in [0.5, 0.6) is 0 Å². The van der Waals surface area contributed by atoms with Gasteiger partial charge in [-0.2, -0.15) is 5.43 Å². The van der Waals surface area contributed by atoms with Gasteiger partial charge in [0.2, 0.25) is 0 Å². The van der Waals surface area contributed by atoms with Gasteiger partial charge in [0.05, 0.1) is 11.1 Å². The fourth-order valence-electron chi connectivity index (χ4n) is 4.25. The van der Waals surface area contributed by atoms with Crippen LogP contribution in [0.15, 0.2) is 66.2 Å². The molecule has 0 amide bonds. The van der Waals surface area contributed by atoms with Gasteiger partial charge in [0, 0.05) is 6.08 Å². The Morgan fingerprint density at radius 2 is 1.88 bits per heavy atom. The topological polar surface area (TPSA) is 41.3 Å². The predicted molar refractivity (Wildman–Crippen MR) is 98.6 cm³/mol.